The van der Waals surface area contributed by atoms with Gasteiger partial charge in [0.05, 0.1) is 5.92 Å². The average molecular weight is 564 g/mol. The van der Waals surface area contributed by atoms with Crippen molar-refractivity contribution in [1.29, 1.82) is 0 Å². The lowest BCUT2D eigenvalue weighted by Crippen LogP contribution is -2.37. The van der Waals surface area contributed by atoms with Gasteiger partial charge >= 0.3 is 11.9 Å². The van der Waals surface area contributed by atoms with Crippen molar-refractivity contribution >= 4 is 51.2 Å². The zero-order valence-electron chi connectivity index (χ0n) is 21.2. The zero-order valence-corrected chi connectivity index (χ0v) is 23.7. The van der Waals surface area contributed by atoms with Crippen LogP contribution in [-0.2, 0) is 30.3 Å². The van der Waals surface area contributed by atoms with Crippen LogP contribution in [-0.4, -0.2) is 53.9 Å². The van der Waals surface area contributed by atoms with E-state index in [4.69, 9.17) is 15.2 Å². The van der Waals surface area contributed by atoms with Crippen molar-refractivity contribution in [3.63, 3.8) is 0 Å². The predicted octanol–water partition coefficient (Wildman–Crippen LogP) is 4.94. The van der Waals surface area contributed by atoms with E-state index in [9.17, 15) is 14.4 Å². The number of thioether (sulfide) groups is 1. The number of ether oxygens (including phenoxy) is 2. The molecule has 7 nitrogen and oxygen atoms in total. The molecule has 0 bridgehead atoms. The van der Waals surface area contributed by atoms with Crippen LogP contribution < -0.4 is 11.1 Å². The first-order chi connectivity index (χ1) is 17.9. The summed E-state index contributed by atoms with van der Waals surface area (Å²) in [6.07, 6.45) is 2.40. The first-order valence-corrected chi connectivity index (χ1v) is 16.0. The minimum atomic E-state index is -1.17. The largest absolute Gasteiger partial charge is 0.421 e. The van der Waals surface area contributed by atoms with Crippen LogP contribution in [0, 0.1) is 5.92 Å². The Kier molecular flexibility index (Phi) is 15.3. The third-order valence-electron chi connectivity index (χ3n) is 5.23. The molecule has 3 unspecified atom stereocenters. The molecule has 2 aromatic carbocycles. The summed E-state index contributed by atoms with van der Waals surface area (Å²) in [7, 11) is 3.18. The molecule has 37 heavy (non-hydrogen) atoms. The van der Waals surface area contributed by atoms with Crippen LogP contribution in [0.1, 0.15) is 37.2 Å². The highest BCUT2D eigenvalue weighted by Gasteiger charge is 2.23. The van der Waals surface area contributed by atoms with Crippen LogP contribution in [0.2, 0.25) is 0 Å². The van der Waals surface area contributed by atoms with Crippen molar-refractivity contribution in [2.75, 3.05) is 30.1 Å². The van der Waals surface area contributed by atoms with Gasteiger partial charge in [0, 0.05) is 29.5 Å². The Morgan fingerprint density at radius 2 is 1.54 bits per heavy atom. The first kappa shape index (κ1) is 31.1. The van der Waals surface area contributed by atoms with Crippen LogP contribution in [0.4, 0.5) is 0 Å². The molecule has 0 aliphatic heterocycles. The Labute approximate surface area is 231 Å². The van der Waals surface area contributed by atoms with Crippen molar-refractivity contribution in [1.82, 2.24) is 11.1 Å². The summed E-state index contributed by atoms with van der Waals surface area (Å²) in [5.41, 5.74) is 9.67. The fourth-order valence-electron chi connectivity index (χ4n) is 3.17. The van der Waals surface area contributed by atoms with Crippen LogP contribution in [0.5, 0.6) is 0 Å². The van der Waals surface area contributed by atoms with E-state index in [1.165, 1.54) is 0 Å². The number of esters is 2. The molecule has 0 fully saturated rings. The van der Waals surface area contributed by atoms with Gasteiger partial charge in [-0.15, -0.1) is 0 Å². The number of rotatable bonds is 17. The molecule has 0 heterocycles. The summed E-state index contributed by atoms with van der Waals surface area (Å²) in [5, 5.41) is 2.69. The SMILES string of the molecule is CCC(=O)OC(OC(=O)CNC(=O)C(CSSCC([NH])CCSC)Cc1ccccc1)c1ccccc1. The minimum absolute atomic E-state index is 0.125. The van der Waals surface area contributed by atoms with Gasteiger partial charge < -0.3 is 14.8 Å². The van der Waals surface area contributed by atoms with Gasteiger partial charge in [-0.2, -0.15) is 11.8 Å². The van der Waals surface area contributed by atoms with Gasteiger partial charge in [-0.3, -0.25) is 20.1 Å². The van der Waals surface area contributed by atoms with Crippen LogP contribution in [0.15, 0.2) is 60.7 Å². The molecule has 0 aromatic heterocycles. The minimum Gasteiger partial charge on any atom is -0.421 e. The van der Waals surface area contributed by atoms with E-state index in [-0.39, 0.29) is 30.8 Å². The van der Waals surface area contributed by atoms with Gasteiger partial charge in [0.15, 0.2) is 0 Å². The summed E-state index contributed by atoms with van der Waals surface area (Å²) in [6, 6.07) is 18.3. The summed E-state index contributed by atoms with van der Waals surface area (Å²) >= 11 is 1.74. The summed E-state index contributed by atoms with van der Waals surface area (Å²) < 4.78 is 10.7. The maximum atomic E-state index is 13.0. The molecule has 0 spiro atoms. The maximum absolute atomic E-state index is 13.0. The van der Waals surface area contributed by atoms with Crippen LogP contribution in [0.3, 0.4) is 0 Å². The Balaban J connectivity index is 1.92. The zero-order chi connectivity index (χ0) is 26.9. The third-order valence-corrected chi connectivity index (χ3v) is 8.44. The third kappa shape index (κ3) is 12.8. The smallest absolute Gasteiger partial charge is 0.328 e. The monoisotopic (exact) mass is 563 g/mol. The van der Waals surface area contributed by atoms with E-state index in [2.05, 4.69) is 5.32 Å². The number of carbonyl (C=O) groups excluding carboxylic acids is 3. The molecule has 201 valence electrons. The average Bonchev–Trinajstić information content (AvgIpc) is 2.92. The van der Waals surface area contributed by atoms with Gasteiger partial charge in [-0.1, -0.05) is 89.2 Å². The van der Waals surface area contributed by atoms with Crippen molar-refractivity contribution in [2.45, 2.75) is 38.5 Å². The van der Waals surface area contributed by atoms with Gasteiger partial charge in [0.2, 0.25) is 5.91 Å². The Hall–Kier alpha value is -2.14. The lowest BCUT2D eigenvalue weighted by atomic mass is 10.0. The number of hydrogen-bond acceptors (Lipinski definition) is 8. The van der Waals surface area contributed by atoms with Crippen molar-refractivity contribution < 1.29 is 23.9 Å². The lowest BCUT2D eigenvalue weighted by Gasteiger charge is -2.20. The van der Waals surface area contributed by atoms with E-state index in [0.717, 1.165) is 17.7 Å². The molecule has 1 amide bonds. The molecule has 10 heteroatoms. The summed E-state index contributed by atoms with van der Waals surface area (Å²) in [6.45, 7) is 1.32. The van der Waals surface area contributed by atoms with E-state index in [1.807, 2.05) is 42.7 Å². The molecule has 3 atom stereocenters. The van der Waals surface area contributed by atoms with Crippen molar-refractivity contribution in [3.8, 4) is 0 Å². The second kappa shape index (κ2) is 18.2. The molecule has 0 saturated carbocycles. The molecule has 2 N–H and O–H groups in total. The van der Waals surface area contributed by atoms with E-state index in [0.29, 0.717) is 23.5 Å². The fraction of sp³-hybridized carbons (Fsp3) is 0.444. The van der Waals surface area contributed by atoms with Crippen molar-refractivity contribution in [2.24, 2.45) is 5.92 Å². The first-order valence-electron chi connectivity index (χ1n) is 12.1. The van der Waals surface area contributed by atoms with Crippen molar-refractivity contribution in [3.05, 3.63) is 71.8 Å². The summed E-state index contributed by atoms with van der Waals surface area (Å²) in [5.74, 6) is 0.429. The van der Waals surface area contributed by atoms with Gasteiger partial charge in [-0.05, 0) is 30.4 Å². The lowest BCUT2D eigenvalue weighted by molar-refractivity contribution is -0.189. The van der Waals surface area contributed by atoms with E-state index >= 15 is 0 Å². The van der Waals surface area contributed by atoms with Crippen LogP contribution in [0.25, 0.3) is 0 Å². The van der Waals surface area contributed by atoms with Crippen LogP contribution >= 0.6 is 33.3 Å². The summed E-state index contributed by atoms with van der Waals surface area (Å²) in [4.78, 5) is 37.4. The normalized spacial score (nSPS) is 13.3. The van der Waals surface area contributed by atoms with Gasteiger partial charge in [0.1, 0.15) is 6.54 Å². The maximum Gasteiger partial charge on any atom is 0.328 e. The highest BCUT2D eigenvalue weighted by molar-refractivity contribution is 8.76. The van der Waals surface area contributed by atoms with E-state index in [1.54, 1.807) is 64.5 Å². The second-order valence-corrected chi connectivity index (χ2v) is 11.8. The van der Waals surface area contributed by atoms with Gasteiger partial charge in [-0.25, -0.2) is 0 Å². The van der Waals surface area contributed by atoms with E-state index < -0.39 is 18.2 Å². The highest BCUT2D eigenvalue weighted by Crippen LogP contribution is 2.27. The topological polar surface area (TPSA) is 105 Å². The molecule has 0 aliphatic rings. The number of amides is 1. The predicted molar refractivity (Wildman–Crippen MR) is 153 cm³/mol. The number of benzene rings is 2. The quantitative estimate of drug-likeness (QED) is 0.125. The fourth-order valence-corrected chi connectivity index (χ4v) is 6.21. The molecule has 2 rings (SSSR count). The van der Waals surface area contributed by atoms with Gasteiger partial charge in [0.25, 0.3) is 6.29 Å². The number of nitrogens with one attached hydrogen (secondary N) is 2. The molecule has 2 aromatic rings. The molecule has 0 saturated heterocycles. The Morgan fingerprint density at radius 3 is 2.19 bits per heavy atom. The number of hydrogen-bond donors (Lipinski definition) is 1. The molecule has 1 radical (unpaired) electrons. The number of carbonyl (C=O) groups is 3. The standard InChI is InChI=1S/C27H35N2O5S3/c1-3-24(30)33-27(21-12-8-5-9-13-21)34-25(31)17-29-26(32)22(16-20-10-6-4-7-11-20)18-36-37-19-23(28)14-15-35-2/h4-13,22-23,27-28H,3,14-19H2,1-2H3,(H,29,32). The molecule has 0 aliphatic carbocycles. The molecular formula is C27H35N2O5S3. The molecular weight excluding hydrogens is 529 g/mol. The highest BCUT2D eigenvalue weighted by atomic mass is 33.1. The second-order valence-electron chi connectivity index (χ2n) is 8.23. The Bertz CT molecular complexity index is 950. The Morgan fingerprint density at radius 1 is 0.919 bits per heavy atom.